The van der Waals surface area contributed by atoms with Crippen molar-refractivity contribution in [1.82, 2.24) is 10.6 Å². The Bertz CT molecular complexity index is 1090. The van der Waals surface area contributed by atoms with Crippen LogP contribution in [0.3, 0.4) is 0 Å². The quantitative estimate of drug-likeness (QED) is 0.592. The second-order valence-corrected chi connectivity index (χ2v) is 7.90. The van der Waals surface area contributed by atoms with Crippen molar-refractivity contribution in [3.8, 4) is 0 Å². The van der Waals surface area contributed by atoms with E-state index in [1.54, 1.807) is 0 Å². The van der Waals surface area contributed by atoms with Crippen LogP contribution in [-0.2, 0) is 19.6 Å². The number of nitrogens with one attached hydrogen (secondary N) is 3. The van der Waals surface area contributed by atoms with E-state index in [2.05, 4.69) is 10.0 Å². The lowest BCUT2D eigenvalue weighted by molar-refractivity contribution is -0.127. The van der Waals surface area contributed by atoms with Crippen LogP contribution in [-0.4, -0.2) is 39.5 Å². The molecule has 0 aliphatic heterocycles. The minimum absolute atomic E-state index is 0.0351. The molecule has 0 bridgehead atoms. The van der Waals surface area contributed by atoms with Crippen molar-refractivity contribution in [3.05, 3.63) is 59.4 Å². The van der Waals surface area contributed by atoms with Crippen LogP contribution >= 0.6 is 0 Å². The summed E-state index contributed by atoms with van der Waals surface area (Å²) in [5, 5.41) is 4.15. The van der Waals surface area contributed by atoms with Gasteiger partial charge in [0.05, 0.1) is 10.5 Å². The number of carbonyl (C=O) groups excluding carboxylic acids is 3. The number of imide groups is 1. The van der Waals surface area contributed by atoms with Gasteiger partial charge in [0.25, 0.3) is 15.9 Å². The first kappa shape index (κ1) is 22.8. The van der Waals surface area contributed by atoms with Gasteiger partial charge in [-0.15, -0.1) is 0 Å². The maximum absolute atomic E-state index is 13.7. The van der Waals surface area contributed by atoms with Crippen molar-refractivity contribution in [1.29, 1.82) is 0 Å². The van der Waals surface area contributed by atoms with Crippen LogP contribution in [0, 0.1) is 12.7 Å². The number of amides is 3. The van der Waals surface area contributed by atoms with E-state index >= 15 is 0 Å². The highest BCUT2D eigenvalue weighted by Crippen LogP contribution is 2.20. The molecule has 0 spiro atoms. The van der Waals surface area contributed by atoms with Crippen molar-refractivity contribution in [2.45, 2.75) is 24.8 Å². The predicted octanol–water partition coefficient (Wildman–Crippen LogP) is 1.94. The third-order valence-corrected chi connectivity index (χ3v) is 5.30. The number of sulfonamides is 1. The summed E-state index contributed by atoms with van der Waals surface area (Å²) >= 11 is 0. The molecule has 3 N–H and O–H groups in total. The summed E-state index contributed by atoms with van der Waals surface area (Å²) < 4.78 is 45.9. The first-order valence-electron chi connectivity index (χ1n) is 8.66. The molecule has 1 atom stereocenters. The Labute approximate surface area is 172 Å². The number of benzene rings is 2. The fourth-order valence-electron chi connectivity index (χ4n) is 2.22. The van der Waals surface area contributed by atoms with Crippen molar-refractivity contribution < 1.29 is 31.9 Å². The van der Waals surface area contributed by atoms with Crippen molar-refractivity contribution in [2.24, 2.45) is 0 Å². The summed E-state index contributed by atoms with van der Waals surface area (Å²) in [6.07, 6.45) is -1.27. The van der Waals surface area contributed by atoms with Crippen molar-refractivity contribution >= 4 is 33.6 Å². The average molecular weight is 437 g/mol. The second-order valence-electron chi connectivity index (χ2n) is 6.21. The Morgan fingerprint density at radius 3 is 2.43 bits per heavy atom. The normalized spacial score (nSPS) is 11.9. The Morgan fingerprint density at radius 1 is 1.10 bits per heavy atom. The fourth-order valence-corrected chi connectivity index (χ4v) is 3.28. The molecule has 0 aromatic heterocycles. The maximum Gasteiger partial charge on any atom is 0.338 e. The maximum atomic E-state index is 13.7. The van der Waals surface area contributed by atoms with Crippen LogP contribution < -0.4 is 15.4 Å². The summed E-state index contributed by atoms with van der Waals surface area (Å²) in [6.45, 7) is 2.78. The van der Waals surface area contributed by atoms with Gasteiger partial charge in [0.1, 0.15) is 5.82 Å². The molecule has 0 saturated heterocycles. The van der Waals surface area contributed by atoms with Crippen LogP contribution in [0.1, 0.15) is 22.8 Å². The number of hydrogen-bond acceptors (Lipinski definition) is 6. The Morgan fingerprint density at radius 2 is 1.80 bits per heavy atom. The first-order chi connectivity index (χ1) is 14.0. The van der Waals surface area contributed by atoms with Gasteiger partial charge in [0, 0.05) is 12.7 Å². The highest BCUT2D eigenvalue weighted by Gasteiger charge is 2.21. The third kappa shape index (κ3) is 5.77. The molecular formula is C19H20FN3O6S. The molecular weight excluding hydrogens is 417 g/mol. The van der Waals surface area contributed by atoms with Crippen LogP contribution in [0.25, 0.3) is 0 Å². The molecule has 2 aromatic rings. The third-order valence-electron chi connectivity index (χ3n) is 3.92. The lowest BCUT2D eigenvalue weighted by Crippen LogP contribution is -2.43. The van der Waals surface area contributed by atoms with E-state index in [9.17, 15) is 27.2 Å². The predicted molar refractivity (Wildman–Crippen MR) is 106 cm³/mol. The summed E-state index contributed by atoms with van der Waals surface area (Å²) in [5.41, 5.74) is 0.297. The molecule has 2 aromatic carbocycles. The molecule has 0 aliphatic rings. The van der Waals surface area contributed by atoms with Gasteiger partial charge in [-0.25, -0.2) is 22.4 Å². The van der Waals surface area contributed by atoms with Crippen LogP contribution in [0.4, 0.5) is 14.9 Å². The first-order valence-corrected chi connectivity index (χ1v) is 10.1. The van der Waals surface area contributed by atoms with E-state index in [4.69, 9.17) is 4.74 Å². The molecule has 0 saturated carbocycles. The van der Waals surface area contributed by atoms with Gasteiger partial charge >= 0.3 is 12.0 Å². The molecule has 1 unspecified atom stereocenters. The molecule has 0 heterocycles. The molecule has 11 heteroatoms. The van der Waals surface area contributed by atoms with Gasteiger partial charge in [0.2, 0.25) is 0 Å². The number of anilines is 1. The minimum Gasteiger partial charge on any atom is -0.449 e. The molecule has 0 fully saturated rings. The number of hydrogen-bond donors (Lipinski definition) is 3. The van der Waals surface area contributed by atoms with E-state index in [0.717, 1.165) is 6.07 Å². The SMILES string of the molecule is CNC(=O)NC(=O)C(C)OC(=O)c1cccc(NS(=O)(=O)c2ccc(C)c(F)c2)c1. The summed E-state index contributed by atoms with van der Waals surface area (Å²) in [4.78, 5) is 34.9. The minimum atomic E-state index is -4.10. The summed E-state index contributed by atoms with van der Waals surface area (Å²) in [5.74, 6) is -2.41. The van der Waals surface area contributed by atoms with Crippen LogP contribution in [0.15, 0.2) is 47.4 Å². The zero-order valence-corrected chi connectivity index (χ0v) is 17.2. The molecule has 2 rings (SSSR count). The molecule has 3 amide bonds. The molecule has 160 valence electrons. The number of rotatable bonds is 6. The lowest BCUT2D eigenvalue weighted by Gasteiger charge is -2.13. The summed E-state index contributed by atoms with van der Waals surface area (Å²) in [6, 6.07) is 8.08. The lowest BCUT2D eigenvalue weighted by atomic mass is 10.2. The number of urea groups is 1. The van der Waals surface area contributed by atoms with Gasteiger partial charge in [-0.05, 0) is 49.7 Å². The highest BCUT2D eigenvalue weighted by molar-refractivity contribution is 7.92. The van der Waals surface area contributed by atoms with Crippen LogP contribution in [0.2, 0.25) is 0 Å². The van der Waals surface area contributed by atoms with E-state index in [0.29, 0.717) is 5.56 Å². The number of halogens is 1. The Balaban J connectivity index is 2.13. The number of ether oxygens (including phenoxy) is 1. The molecule has 9 nitrogen and oxygen atoms in total. The summed E-state index contributed by atoms with van der Waals surface area (Å²) in [7, 11) is -2.78. The molecule has 0 aliphatic carbocycles. The van der Waals surface area contributed by atoms with Crippen LogP contribution in [0.5, 0.6) is 0 Å². The fraction of sp³-hybridized carbons (Fsp3) is 0.211. The molecule has 30 heavy (non-hydrogen) atoms. The van der Waals surface area contributed by atoms with Gasteiger partial charge in [-0.2, -0.15) is 0 Å². The Hall–Kier alpha value is -3.47. The van der Waals surface area contributed by atoms with E-state index in [-0.39, 0.29) is 16.1 Å². The zero-order valence-electron chi connectivity index (χ0n) is 16.4. The number of aryl methyl sites for hydroxylation is 1. The second kappa shape index (κ2) is 9.35. The number of carbonyl (C=O) groups is 3. The smallest absolute Gasteiger partial charge is 0.338 e. The average Bonchev–Trinajstić information content (AvgIpc) is 2.69. The van der Waals surface area contributed by atoms with Crippen molar-refractivity contribution in [2.75, 3.05) is 11.8 Å². The largest absolute Gasteiger partial charge is 0.449 e. The Kier molecular flexibility index (Phi) is 7.11. The standard InChI is InChI=1S/C19H20FN3O6S/c1-11-7-8-15(10-16(11)20)30(27,28)23-14-6-4-5-13(9-14)18(25)29-12(2)17(24)22-19(26)21-3/h4-10,12,23H,1-3H3,(H2,21,22,24,26). The highest BCUT2D eigenvalue weighted by atomic mass is 32.2. The van der Waals surface area contributed by atoms with Gasteiger partial charge < -0.3 is 10.1 Å². The van der Waals surface area contributed by atoms with Gasteiger partial charge in [-0.3, -0.25) is 14.8 Å². The monoisotopic (exact) mass is 437 g/mol. The van der Waals surface area contributed by atoms with Gasteiger partial charge in [0.15, 0.2) is 6.10 Å². The van der Waals surface area contributed by atoms with Crippen molar-refractivity contribution in [3.63, 3.8) is 0 Å². The zero-order chi connectivity index (χ0) is 22.5. The molecule has 0 radical (unpaired) electrons. The van der Waals surface area contributed by atoms with E-state index in [1.807, 2.05) is 5.32 Å². The number of esters is 1. The van der Waals surface area contributed by atoms with Gasteiger partial charge in [-0.1, -0.05) is 12.1 Å². The topological polar surface area (TPSA) is 131 Å². The van der Waals surface area contributed by atoms with E-state index in [1.165, 1.54) is 57.3 Å². The van der Waals surface area contributed by atoms with E-state index < -0.39 is 39.9 Å².